The fourth-order valence-corrected chi connectivity index (χ4v) is 3.54. The maximum absolute atomic E-state index is 11.8. The minimum atomic E-state index is -1.07. The first-order valence-corrected chi connectivity index (χ1v) is 7.98. The molecule has 2 atom stereocenters. The van der Waals surface area contributed by atoms with Crippen molar-refractivity contribution < 1.29 is 19.2 Å². The van der Waals surface area contributed by atoms with Crippen LogP contribution >= 0.6 is 11.8 Å². The number of β-lactam (4-membered cyclic amide) rings is 1. The number of fused-ring (bicyclic) bond motifs is 1. The molecule has 0 aliphatic carbocycles. The summed E-state index contributed by atoms with van der Waals surface area (Å²) < 4.78 is 0.829. The molecule has 1 fully saturated rings. The number of thioether (sulfide) groups is 1. The summed E-state index contributed by atoms with van der Waals surface area (Å²) in [5, 5.41) is 9.17. The molecule has 0 aromatic rings. The van der Waals surface area contributed by atoms with E-state index < -0.39 is 12.0 Å². The first kappa shape index (κ1) is 16.1. The smallest absolute Gasteiger partial charge is 0.352 e. The second kappa shape index (κ2) is 5.82. The van der Waals surface area contributed by atoms with E-state index in [2.05, 4.69) is 21.0 Å². The third-order valence-electron chi connectivity index (χ3n) is 4.02. The van der Waals surface area contributed by atoms with E-state index in [0.29, 0.717) is 11.3 Å². The van der Waals surface area contributed by atoms with E-state index in [4.69, 9.17) is 5.73 Å². The molecule has 1 saturated heterocycles. The summed E-state index contributed by atoms with van der Waals surface area (Å²) in [5.74, 6) is -0.801. The van der Waals surface area contributed by atoms with E-state index in [1.807, 2.05) is 12.2 Å². The summed E-state index contributed by atoms with van der Waals surface area (Å²) in [4.78, 5) is 24.6. The summed E-state index contributed by atoms with van der Waals surface area (Å²) >= 11 is 1.52. The van der Waals surface area contributed by atoms with Crippen LogP contribution in [0.2, 0.25) is 0 Å². The summed E-state index contributed by atoms with van der Waals surface area (Å²) in [5.41, 5.74) is 6.48. The van der Waals surface area contributed by atoms with Crippen molar-refractivity contribution in [3.63, 3.8) is 0 Å². The molecule has 1 amide bonds. The number of carboxylic acids is 1. The van der Waals surface area contributed by atoms with Gasteiger partial charge >= 0.3 is 5.97 Å². The van der Waals surface area contributed by atoms with Crippen molar-refractivity contribution in [1.29, 1.82) is 0 Å². The number of allylic oxidation sites excluding steroid dienone is 1. The monoisotopic (exact) mass is 312 g/mol. The highest BCUT2D eigenvalue weighted by Gasteiger charge is 2.51. The Balaban J connectivity index is 2.21. The number of carbonyl (C=O) groups is 2. The molecule has 2 rings (SSSR count). The van der Waals surface area contributed by atoms with Gasteiger partial charge in [-0.25, -0.2) is 4.79 Å². The highest BCUT2D eigenvalue weighted by atomic mass is 32.2. The summed E-state index contributed by atoms with van der Waals surface area (Å²) in [6.45, 7) is 3.91. The lowest BCUT2D eigenvalue weighted by Gasteiger charge is -2.47. The number of carbonyl (C=O) groups excluding carboxylic acids is 1. The highest BCUT2D eigenvalue weighted by Crippen LogP contribution is 2.39. The van der Waals surface area contributed by atoms with Gasteiger partial charge in [-0.2, -0.15) is 0 Å². The van der Waals surface area contributed by atoms with Crippen molar-refractivity contribution in [2.45, 2.75) is 18.3 Å². The quantitative estimate of drug-likeness (QED) is 0.560. The number of amides is 1. The van der Waals surface area contributed by atoms with Crippen molar-refractivity contribution in [1.82, 2.24) is 4.90 Å². The van der Waals surface area contributed by atoms with Crippen molar-refractivity contribution >= 4 is 23.6 Å². The molecule has 0 spiro atoms. The first-order chi connectivity index (χ1) is 9.78. The molecule has 7 heteroatoms. The second-order valence-corrected chi connectivity index (χ2v) is 7.06. The number of nitrogens with two attached hydrogens (primary N) is 1. The van der Waals surface area contributed by atoms with Crippen LogP contribution in [0.15, 0.2) is 23.4 Å². The van der Waals surface area contributed by atoms with Crippen molar-refractivity contribution in [2.75, 3.05) is 32.9 Å². The van der Waals surface area contributed by atoms with Crippen LogP contribution in [0.3, 0.4) is 0 Å². The molecule has 2 heterocycles. The lowest BCUT2D eigenvalue weighted by molar-refractivity contribution is -0.882. The van der Waals surface area contributed by atoms with Gasteiger partial charge in [-0.1, -0.05) is 6.08 Å². The largest absolute Gasteiger partial charge is 0.477 e. The van der Waals surface area contributed by atoms with Crippen LogP contribution in [0.25, 0.3) is 0 Å². The lowest BCUT2D eigenvalue weighted by Crippen LogP contribution is -2.68. The Bertz CT molecular complexity index is 528. The van der Waals surface area contributed by atoms with E-state index in [0.717, 1.165) is 17.6 Å². The highest BCUT2D eigenvalue weighted by molar-refractivity contribution is 8.00. The number of carboxylic acid groups (broad SMARTS) is 1. The molecule has 6 nitrogen and oxygen atoms in total. The maximum Gasteiger partial charge on any atom is 0.352 e. The number of rotatable bonds is 5. The van der Waals surface area contributed by atoms with E-state index in [1.165, 1.54) is 16.7 Å². The zero-order valence-electron chi connectivity index (χ0n) is 12.6. The van der Waals surface area contributed by atoms with Crippen LogP contribution in [0.4, 0.5) is 0 Å². The third kappa shape index (κ3) is 3.00. The van der Waals surface area contributed by atoms with Gasteiger partial charge in [-0.15, -0.1) is 11.8 Å². The molecule has 0 bridgehead atoms. The van der Waals surface area contributed by atoms with Crippen LogP contribution in [0, 0.1) is 0 Å². The lowest BCUT2D eigenvalue weighted by atomic mass is 10.0. The number of quaternary nitrogens is 1. The van der Waals surface area contributed by atoms with Gasteiger partial charge in [-0.3, -0.25) is 9.69 Å². The van der Waals surface area contributed by atoms with Gasteiger partial charge in [0.1, 0.15) is 17.1 Å². The molecule has 2 aliphatic rings. The fourth-order valence-electron chi connectivity index (χ4n) is 2.28. The molecular weight excluding hydrogens is 290 g/mol. The van der Waals surface area contributed by atoms with Crippen molar-refractivity contribution in [3.05, 3.63) is 23.4 Å². The third-order valence-corrected chi connectivity index (χ3v) is 5.34. The van der Waals surface area contributed by atoms with E-state index in [-0.39, 0.29) is 17.0 Å². The van der Waals surface area contributed by atoms with Gasteiger partial charge in [0, 0.05) is 5.75 Å². The minimum Gasteiger partial charge on any atom is -0.477 e. The Labute approximate surface area is 128 Å². The van der Waals surface area contributed by atoms with Crippen LogP contribution in [-0.4, -0.2) is 70.7 Å². The minimum absolute atomic E-state index is 0.0866. The number of likely N-dealkylation sites (N-methyl/N-ethyl adjacent to an activating group) is 1. The van der Waals surface area contributed by atoms with E-state index in [1.54, 1.807) is 0 Å². The number of hydrogen-bond donors (Lipinski definition) is 2. The molecule has 0 aromatic heterocycles. The van der Waals surface area contributed by atoms with Crippen LogP contribution in [-0.2, 0) is 9.59 Å². The average molecular weight is 312 g/mol. The Morgan fingerprint density at radius 3 is 2.81 bits per heavy atom. The van der Waals surface area contributed by atoms with Gasteiger partial charge in [0.2, 0.25) is 5.91 Å². The van der Waals surface area contributed by atoms with Gasteiger partial charge in [-0.05, 0) is 18.6 Å². The Kier molecular flexibility index (Phi) is 4.46. The SMILES string of the molecule is CC[N+](C)(C)C/C=C/C1=C(C(=O)O)N2C(=O)C(N)C2SC1. The molecule has 116 valence electrons. The molecule has 2 unspecified atom stereocenters. The molecular formula is C14H22N3O3S+. The number of aliphatic carboxylic acids is 1. The molecule has 0 aromatic carbocycles. The summed E-state index contributed by atoms with van der Waals surface area (Å²) in [6.07, 6.45) is 3.81. The summed E-state index contributed by atoms with van der Waals surface area (Å²) in [6, 6.07) is -0.578. The topological polar surface area (TPSA) is 83.6 Å². The van der Waals surface area contributed by atoms with E-state index >= 15 is 0 Å². The molecule has 0 radical (unpaired) electrons. The Hall–Kier alpha value is -1.31. The van der Waals surface area contributed by atoms with Crippen LogP contribution in [0.5, 0.6) is 0 Å². The Morgan fingerprint density at radius 1 is 1.57 bits per heavy atom. The molecule has 3 N–H and O–H groups in total. The van der Waals surface area contributed by atoms with Crippen LogP contribution in [0.1, 0.15) is 6.92 Å². The Morgan fingerprint density at radius 2 is 2.24 bits per heavy atom. The van der Waals surface area contributed by atoms with Crippen LogP contribution < -0.4 is 5.73 Å². The average Bonchev–Trinajstić information content (AvgIpc) is 2.45. The molecule has 2 aliphatic heterocycles. The number of nitrogens with zero attached hydrogens (tertiary/aromatic N) is 2. The van der Waals surface area contributed by atoms with Gasteiger partial charge < -0.3 is 15.3 Å². The van der Waals surface area contributed by atoms with Crippen molar-refractivity contribution in [3.8, 4) is 0 Å². The molecule has 0 saturated carbocycles. The van der Waals surface area contributed by atoms with Gasteiger partial charge in [0.25, 0.3) is 0 Å². The maximum atomic E-state index is 11.8. The van der Waals surface area contributed by atoms with Gasteiger partial charge in [0.05, 0.1) is 27.2 Å². The first-order valence-electron chi connectivity index (χ1n) is 6.93. The van der Waals surface area contributed by atoms with Gasteiger partial charge in [0.15, 0.2) is 0 Å². The fraction of sp³-hybridized carbons (Fsp3) is 0.571. The second-order valence-electron chi connectivity index (χ2n) is 5.95. The zero-order valence-corrected chi connectivity index (χ0v) is 13.4. The zero-order chi connectivity index (χ0) is 15.8. The van der Waals surface area contributed by atoms with E-state index in [9.17, 15) is 14.7 Å². The standard InChI is InChI=1S/C14H21N3O3S/c1-4-17(2,3)7-5-6-9-8-21-13-10(15)12(18)16(13)11(9)14(19)20/h5-6,10,13H,4,7-8,15H2,1-3H3/p+1/b6-5+. The van der Waals surface area contributed by atoms with Crippen molar-refractivity contribution in [2.24, 2.45) is 5.73 Å². The molecule has 21 heavy (non-hydrogen) atoms. The predicted octanol–water partition coefficient (Wildman–Crippen LogP) is 0.220. The normalized spacial score (nSPS) is 26.1. The number of hydrogen-bond acceptors (Lipinski definition) is 4. The summed E-state index contributed by atoms with van der Waals surface area (Å²) in [7, 11) is 4.22. The predicted molar refractivity (Wildman–Crippen MR) is 82.4 cm³/mol.